The standard InChI is InChI=1S/C24H24N6O4/c1-28-14-20(27-15-28)24(31)29-6-5-19(13-29)34-18-3-4-22-21(10-18)30(7-8-33-22)17-9-16(11-25)23(32-2)26-12-17/h3-4,9-10,12,14-15,19H,5-8,13H2,1-2H3. The molecule has 34 heavy (non-hydrogen) atoms. The van der Waals surface area contributed by atoms with Crippen molar-refractivity contribution in [2.24, 2.45) is 7.05 Å². The van der Waals surface area contributed by atoms with Crippen molar-refractivity contribution in [1.29, 1.82) is 5.26 Å². The highest BCUT2D eigenvalue weighted by molar-refractivity contribution is 5.92. The summed E-state index contributed by atoms with van der Waals surface area (Å²) in [7, 11) is 3.33. The number of aryl methyl sites for hydroxylation is 1. The van der Waals surface area contributed by atoms with Gasteiger partial charge in [0.2, 0.25) is 5.88 Å². The number of nitriles is 1. The minimum absolute atomic E-state index is 0.0861. The van der Waals surface area contributed by atoms with Gasteiger partial charge in [0.1, 0.15) is 41.5 Å². The number of rotatable bonds is 5. The van der Waals surface area contributed by atoms with Gasteiger partial charge in [-0.1, -0.05) is 0 Å². The van der Waals surface area contributed by atoms with Gasteiger partial charge in [0.15, 0.2) is 0 Å². The first kappa shape index (κ1) is 21.6. The lowest BCUT2D eigenvalue weighted by molar-refractivity contribution is 0.0767. The molecular formula is C24H24N6O4. The van der Waals surface area contributed by atoms with Crippen molar-refractivity contribution in [3.63, 3.8) is 0 Å². The van der Waals surface area contributed by atoms with Crippen LogP contribution in [0.4, 0.5) is 11.4 Å². The van der Waals surface area contributed by atoms with Gasteiger partial charge in [0.05, 0.1) is 44.1 Å². The van der Waals surface area contributed by atoms with Crippen LogP contribution in [0.2, 0.25) is 0 Å². The number of carbonyl (C=O) groups is 1. The molecule has 5 rings (SSSR count). The van der Waals surface area contributed by atoms with E-state index in [1.165, 1.54) is 7.11 Å². The fraction of sp³-hybridized carbons (Fsp3) is 0.333. The van der Waals surface area contributed by atoms with E-state index in [1.54, 1.807) is 34.3 Å². The van der Waals surface area contributed by atoms with Gasteiger partial charge in [-0.2, -0.15) is 5.26 Å². The van der Waals surface area contributed by atoms with Gasteiger partial charge in [0, 0.05) is 32.3 Å². The number of hydrogen-bond donors (Lipinski definition) is 0. The molecule has 2 aromatic heterocycles. The first-order chi connectivity index (χ1) is 16.6. The van der Waals surface area contributed by atoms with E-state index >= 15 is 0 Å². The van der Waals surface area contributed by atoms with E-state index in [1.807, 2.05) is 30.1 Å². The number of fused-ring (bicyclic) bond motifs is 1. The number of ether oxygens (including phenoxy) is 3. The quantitative estimate of drug-likeness (QED) is 0.572. The summed E-state index contributed by atoms with van der Waals surface area (Å²) in [6, 6.07) is 9.56. The number of pyridine rings is 1. The molecule has 3 aromatic rings. The maximum Gasteiger partial charge on any atom is 0.274 e. The van der Waals surface area contributed by atoms with E-state index in [0.29, 0.717) is 49.1 Å². The van der Waals surface area contributed by atoms with Crippen LogP contribution in [0.1, 0.15) is 22.5 Å². The predicted molar refractivity (Wildman–Crippen MR) is 123 cm³/mol. The number of hydrogen-bond acceptors (Lipinski definition) is 8. The Hall–Kier alpha value is -4.26. The minimum atomic E-state index is -0.114. The number of methoxy groups -OCH3 is 1. The molecule has 10 nitrogen and oxygen atoms in total. The Bertz CT molecular complexity index is 1270. The number of nitrogens with zero attached hydrogens (tertiary/aromatic N) is 6. The summed E-state index contributed by atoms with van der Waals surface area (Å²) in [4.78, 5) is 24.9. The summed E-state index contributed by atoms with van der Waals surface area (Å²) in [5, 5.41) is 9.44. The van der Waals surface area contributed by atoms with Crippen LogP contribution in [0.15, 0.2) is 43.0 Å². The van der Waals surface area contributed by atoms with Crippen molar-refractivity contribution < 1.29 is 19.0 Å². The summed E-state index contributed by atoms with van der Waals surface area (Å²) in [6.07, 6.45) is 5.65. The van der Waals surface area contributed by atoms with Crippen LogP contribution in [-0.4, -0.2) is 64.8 Å². The second-order valence-corrected chi connectivity index (χ2v) is 8.20. The van der Waals surface area contributed by atoms with Crippen molar-refractivity contribution in [2.75, 3.05) is 38.3 Å². The van der Waals surface area contributed by atoms with Gasteiger partial charge >= 0.3 is 0 Å². The lowest BCUT2D eigenvalue weighted by atomic mass is 10.2. The number of imidazole rings is 1. The number of carbonyl (C=O) groups excluding carboxylic acids is 1. The van der Waals surface area contributed by atoms with E-state index in [2.05, 4.69) is 16.0 Å². The van der Waals surface area contributed by atoms with E-state index < -0.39 is 0 Å². The molecule has 0 bridgehead atoms. The van der Waals surface area contributed by atoms with Crippen molar-refractivity contribution in [3.05, 3.63) is 54.2 Å². The summed E-state index contributed by atoms with van der Waals surface area (Å²) in [5.41, 5.74) is 2.41. The van der Waals surface area contributed by atoms with E-state index in [0.717, 1.165) is 23.5 Å². The maximum atomic E-state index is 12.7. The zero-order valence-corrected chi connectivity index (χ0v) is 19.0. The number of aromatic nitrogens is 3. The highest BCUT2D eigenvalue weighted by Gasteiger charge is 2.30. The molecule has 174 valence electrons. The molecule has 10 heteroatoms. The first-order valence-electron chi connectivity index (χ1n) is 11.0. The molecule has 0 radical (unpaired) electrons. The Balaban J connectivity index is 1.33. The number of amides is 1. The van der Waals surface area contributed by atoms with Crippen LogP contribution < -0.4 is 19.1 Å². The molecule has 2 aliphatic heterocycles. The van der Waals surface area contributed by atoms with Crippen LogP contribution in [0.5, 0.6) is 17.4 Å². The molecule has 1 amide bonds. The Labute approximate surface area is 196 Å². The largest absolute Gasteiger partial charge is 0.490 e. The fourth-order valence-electron chi connectivity index (χ4n) is 4.26. The number of benzene rings is 1. The minimum Gasteiger partial charge on any atom is -0.490 e. The molecule has 0 saturated carbocycles. The molecule has 2 aliphatic rings. The average molecular weight is 460 g/mol. The third kappa shape index (κ3) is 4.08. The zero-order chi connectivity index (χ0) is 23.7. The van der Waals surface area contributed by atoms with Gasteiger partial charge < -0.3 is 28.6 Å². The van der Waals surface area contributed by atoms with Crippen molar-refractivity contribution >= 4 is 17.3 Å². The predicted octanol–water partition coefficient (Wildman–Crippen LogP) is 2.52. The van der Waals surface area contributed by atoms with Gasteiger partial charge in [-0.15, -0.1) is 0 Å². The number of likely N-dealkylation sites (tertiary alicyclic amines) is 1. The lowest BCUT2D eigenvalue weighted by Gasteiger charge is -2.31. The van der Waals surface area contributed by atoms with Crippen LogP contribution in [0.3, 0.4) is 0 Å². The summed E-state index contributed by atoms with van der Waals surface area (Å²) < 4.78 is 19.0. The molecular weight excluding hydrogens is 436 g/mol. The maximum absolute atomic E-state index is 12.7. The van der Waals surface area contributed by atoms with Gasteiger partial charge in [-0.05, 0) is 18.2 Å². The third-order valence-corrected chi connectivity index (χ3v) is 5.91. The molecule has 0 aliphatic carbocycles. The normalized spacial score (nSPS) is 17.0. The summed E-state index contributed by atoms with van der Waals surface area (Å²) >= 11 is 0. The van der Waals surface area contributed by atoms with Gasteiger partial charge in [0.25, 0.3) is 5.91 Å². The van der Waals surface area contributed by atoms with Crippen molar-refractivity contribution in [3.8, 4) is 23.4 Å². The SMILES string of the molecule is COc1ncc(N2CCOc3ccc(OC4CCN(C(=O)c5cn(C)cn5)C4)cc32)cc1C#N. The smallest absolute Gasteiger partial charge is 0.274 e. The summed E-state index contributed by atoms with van der Waals surface area (Å²) in [6.45, 7) is 2.23. The van der Waals surface area contributed by atoms with Crippen LogP contribution >= 0.6 is 0 Å². The van der Waals surface area contributed by atoms with Crippen LogP contribution in [-0.2, 0) is 7.05 Å². The second-order valence-electron chi connectivity index (χ2n) is 8.20. The van der Waals surface area contributed by atoms with Crippen molar-refractivity contribution in [2.45, 2.75) is 12.5 Å². The highest BCUT2D eigenvalue weighted by Crippen LogP contribution is 2.40. The topological polar surface area (TPSA) is 106 Å². The summed E-state index contributed by atoms with van der Waals surface area (Å²) in [5.74, 6) is 1.62. The number of anilines is 2. The van der Waals surface area contributed by atoms with E-state index in [-0.39, 0.29) is 12.0 Å². The Morgan fingerprint density at radius 2 is 2.15 bits per heavy atom. The highest BCUT2D eigenvalue weighted by atomic mass is 16.5. The molecule has 1 unspecified atom stereocenters. The first-order valence-corrected chi connectivity index (χ1v) is 11.0. The average Bonchev–Trinajstić information content (AvgIpc) is 3.52. The molecule has 0 spiro atoms. The molecule has 0 N–H and O–H groups in total. The molecule has 1 aromatic carbocycles. The molecule has 1 saturated heterocycles. The Morgan fingerprint density at radius 3 is 2.91 bits per heavy atom. The van der Waals surface area contributed by atoms with E-state index in [4.69, 9.17) is 14.2 Å². The second kappa shape index (κ2) is 8.94. The monoisotopic (exact) mass is 460 g/mol. The Morgan fingerprint density at radius 1 is 1.26 bits per heavy atom. The fourth-order valence-corrected chi connectivity index (χ4v) is 4.26. The molecule has 4 heterocycles. The van der Waals surface area contributed by atoms with Crippen molar-refractivity contribution in [1.82, 2.24) is 19.4 Å². The van der Waals surface area contributed by atoms with Gasteiger partial charge in [-0.3, -0.25) is 4.79 Å². The molecule has 1 atom stereocenters. The lowest BCUT2D eigenvalue weighted by Crippen LogP contribution is -2.31. The Kier molecular flexibility index (Phi) is 5.67. The third-order valence-electron chi connectivity index (χ3n) is 5.91. The van der Waals surface area contributed by atoms with E-state index in [9.17, 15) is 10.1 Å². The molecule has 1 fully saturated rings. The van der Waals surface area contributed by atoms with Crippen LogP contribution in [0.25, 0.3) is 0 Å². The zero-order valence-electron chi connectivity index (χ0n) is 19.0. The van der Waals surface area contributed by atoms with Crippen LogP contribution in [0, 0.1) is 11.3 Å². The van der Waals surface area contributed by atoms with Gasteiger partial charge in [-0.25, -0.2) is 9.97 Å².